The average molecular weight is 321 g/mol. The standard InChI is InChI=1S/C16H20FN3O3/c17-13-3-5-15(6-4-13)23-12-14(21)11-19-16(22)18-7-10-20-8-1-2-9-20/h1-6,8-9,14,21H,7,10-12H2,(H2,18,19,22). The molecule has 0 bridgehead atoms. The van der Waals surface area contributed by atoms with E-state index in [0.717, 1.165) is 0 Å². The van der Waals surface area contributed by atoms with E-state index >= 15 is 0 Å². The topological polar surface area (TPSA) is 75.5 Å². The van der Waals surface area contributed by atoms with E-state index in [1.807, 2.05) is 29.1 Å². The molecule has 1 atom stereocenters. The first-order valence-electron chi connectivity index (χ1n) is 7.32. The van der Waals surface area contributed by atoms with E-state index in [0.29, 0.717) is 18.8 Å². The maximum Gasteiger partial charge on any atom is 0.314 e. The predicted octanol–water partition coefficient (Wildman–Crippen LogP) is 1.37. The third-order valence-corrected chi connectivity index (χ3v) is 3.08. The van der Waals surface area contributed by atoms with Crippen LogP contribution < -0.4 is 15.4 Å². The molecule has 0 saturated heterocycles. The Labute approximate surface area is 133 Å². The number of hydrogen-bond donors (Lipinski definition) is 3. The summed E-state index contributed by atoms with van der Waals surface area (Å²) < 4.78 is 20.0. The van der Waals surface area contributed by atoms with Gasteiger partial charge < -0.3 is 25.0 Å². The number of urea groups is 1. The number of carbonyl (C=O) groups is 1. The van der Waals surface area contributed by atoms with E-state index in [2.05, 4.69) is 10.6 Å². The van der Waals surface area contributed by atoms with Crippen molar-refractivity contribution in [3.8, 4) is 5.75 Å². The first-order valence-corrected chi connectivity index (χ1v) is 7.32. The second kappa shape index (κ2) is 8.79. The number of nitrogens with zero attached hydrogens (tertiary/aromatic N) is 1. The minimum atomic E-state index is -0.852. The Hall–Kier alpha value is -2.54. The van der Waals surface area contributed by atoms with E-state index in [1.54, 1.807) is 0 Å². The molecule has 0 fully saturated rings. The van der Waals surface area contributed by atoms with Gasteiger partial charge in [0, 0.05) is 32.0 Å². The lowest BCUT2D eigenvalue weighted by atomic mass is 10.3. The van der Waals surface area contributed by atoms with E-state index in [9.17, 15) is 14.3 Å². The van der Waals surface area contributed by atoms with Gasteiger partial charge in [-0.1, -0.05) is 0 Å². The van der Waals surface area contributed by atoms with Crippen molar-refractivity contribution in [1.82, 2.24) is 15.2 Å². The molecule has 2 aromatic rings. The Morgan fingerprint density at radius 2 is 1.91 bits per heavy atom. The zero-order valence-electron chi connectivity index (χ0n) is 12.6. The number of amides is 2. The molecule has 124 valence electrons. The van der Waals surface area contributed by atoms with Gasteiger partial charge in [-0.25, -0.2) is 9.18 Å². The molecule has 0 aliphatic carbocycles. The Balaban J connectivity index is 1.57. The summed E-state index contributed by atoms with van der Waals surface area (Å²) in [5.41, 5.74) is 0. The number of carbonyl (C=O) groups excluding carboxylic acids is 1. The molecule has 0 spiro atoms. The van der Waals surface area contributed by atoms with Gasteiger partial charge in [-0.3, -0.25) is 0 Å². The largest absolute Gasteiger partial charge is 0.491 e. The number of hydrogen-bond acceptors (Lipinski definition) is 3. The van der Waals surface area contributed by atoms with Crippen LogP contribution in [0.5, 0.6) is 5.75 Å². The minimum absolute atomic E-state index is 0.00921. The molecule has 3 N–H and O–H groups in total. The number of halogens is 1. The van der Waals surface area contributed by atoms with Crippen molar-refractivity contribution in [2.45, 2.75) is 12.6 Å². The molecule has 0 aliphatic rings. The number of ether oxygens (including phenoxy) is 1. The van der Waals surface area contributed by atoms with Crippen LogP contribution in [0.2, 0.25) is 0 Å². The van der Waals surface area contributed by atoms with Crippen molar-refractivity contribution in [2.75, 3.05) is 19.7 Å². The lowest BCUT2D eigenvalue weighted by Gasteiger charge is -2.14. The third-order valence-electron chi connectivity index (χ3n) is 3.08. The first-order chi connectivity index (χ1) is 11.1. The molecular formula is C16H20FN3O3. The highest BCUT2D eigenvalue weighted by Gasteiger charge is 2.07. The fourth-order valence-corrected chi connectivity index (χ4v) is 1.87. The van der Waals surface area contributed by atoms with Gasteiger partial charge in [-0.15, -0.1) is 0 Å². The molecule has 2 amide bonds. The smallest absolute Gasteiger partial charge is 0.314 e. The highest BCUT2D eigenvalue weighted by molar-refractivity contribution is 5.73. The SMILES string of the molecule is O=C(NCCn1cccc1)NCC(O)COc1ccc(F)cc1. The van der Waals surface area contributed by atoms with Crippen LogP contribution >= 0.6 is 0 Å². The number of nitrogens with one attached hydrogen (secondary N) is 2. The van der Waals surface area contributed by atoms with Crippen LogP contribution in [0.3, 0.4) is 0 Å². The summed E-state index contributed by atoms with van der Waals surface area (Å²) in [7, 11) is 0. The van der Waals surface area contributed by atoms with Crippen LogP contribution in [0.25, 0.3) is 0 Å². The second-order valence-corrected chi connectivity index (χ2v) is 4.98. The zero-order chi connectivity index (χ0) is 16.5. The molecule has 0 saturated carbocycles. The first kappa shape index (κ1) is 16.8. The lowest BCUT2D eigenvalue weighted by Crippen LogP contribution is -2.42. The Bertz CT molecular complexity index is 587. The maximum atomic E-state index is 12.7. The van der Waals surface area contributed by atoms with Crippen LogP contribution in [0.1, 0.15) is 0 Å². The van der Waals surface area contributed by atoms with Crippen LogP contribution in [0.15, 0.2) is 48.8 Å². The molecular weight excluding hydrogens is 301 g/mol. The van der Waals surface area contributed by atoms with Gasteiger partial charge >= 0.3 is 6.03 Å². The van der Waals surface area contributed by atoms with Gasteiger partial charge in [0.1, 0.15) is 24.3 Å². The number of rotatable bonds is 8. The third kappa shape index (κ3) is 6.39. The molecule has 0 radical (unpaired) electrons. The Kier molecular flexibility index (Phi) is 6.43. The molecule has 7 heteroatoms. The van der Waals surface area contributed by atoms with Gasteiger partial charge in [0.25, 0.3) is 0 Å². The predicted molar refractivity (Wildman–Crippen MR) is 83.7 cm³/mol. The summed E-state index contributed by atoms with van der Waals surface area (Å²) in [5, 5.41) is 15.0. The van der Waals surface area contributed by atoms with Crippen molar-refractivity contribution in [3.63, 3.8) is 0 Å². The number of aromatic nitrogens is 1. The molecule has 1 aromatic heterocycles. The Morgan fingerprint density at radius 1 is 1.22 bits per heavy atom. The van der Waals surface area contributed by atoms with Crippen LogP contribution in [0.4, 0.5) is 9.18 Å². The van der Waals surface area contributed by atoms with Gasteiger partial charge in [0.2, 0.25) is 0 Å². The highest BCUT2D eigenvalue weighted by atomic mass is 19.1. The molecule has 6 nitrogen and oxygen atoms in total. The summed E-state index contributed by atoms with van der Waals surface area (Å²) in [4.78, 5) is 11.6. The highest BCUT2D eigenvalue weighted by Crippen LogP contribution is 2.11. The van der Waals surface area contributed by atoms with E-state index in [-0.39, 0.29) is 25.0 Å². The fraction of sp³-hybridized carbons (Fsp3) is 0.312. The quantitative estimate of drug-likeness (QED) is 0.687. The molecule has 1 aromatic carbocycles. The molecule has 2 rings (SSSR count). The summed E-state index contributed by atoms with van der Waals surface area (Å²) >= 11 is 0. The second-order valence-electron chi connectivity index (χ2n) is 4.98. The molecule has 1 heterocycles. The number of aliphatic hydroxyl groups excluding tert-OH is 1. The van der Waals surface area contributed by atoms with Crippen LogP contribution in [-0.2, 0) is 6.54 Å². The molecule has 23 heavy (non-hydrogen) atoms. The van der Waals surface area contributed by atoms with E-state index in [1.165, 1.54) is 24.3 Å². The van der Waals surface area contributed by atoms with Crippen molar-refractivity contribution < 1.29 is 19.0 Å². The van der Waals surface area contributed by atoms with Gasteiger partial charge in [-0.2, -0.15) is 0 Å². The van der Waals surface area contributed by atoms with E-state index in [4.69, 9.17) is 4.74 Å². The minimum Gasteiger partial charge on any atom is -0.491 e. The average Bonchev–Trinajstić information content (AvgIpc) is 3.06. The van der Waals surface area contributed by atoms with Crippen LogP contribution in [0, 0.1) is 5.82 Å². The molecule has 1 unspecified atom stereocenters. The fourth-order valence-electron chi connectivity index (χ4n) is 1.87. The van der Waals surface area contributed by atoms with Crippen LogP contribution in [-0.4, -0.2) is 41.5 Å². The normalized spacial score (nSPS) is 11.7. The van der Waals surface area contributed by atoms with Crippen molar-refractivity contribution in [1.29, 1.82) is 0 Å². The summed E-state index contributed by atoms with van der Waals surface area (Å²) in [5.74, 6) is 0.109. The summed E-state index contributed by atoms with van der Waals surface area (Å²) in [6.07, 6.45) is 2.97. The van der Waals surface area contributed by atoms with Gasteiger partial charge in [-0.05, 0) is 36.4 Å². The summed E-state index contributed by atoms with van der Waals surface area (Å²) in [6.45, 7) is 1.24. The molecule has 0 aliphatic heterocycles. The van der Waals surface area contributed by atoms with Gasteiger partial charge in [0.15, 0.2) is 0 Å². The van der Waals surface area contributed by atoms with Crippen molar-refractivity contribution in [2.24, 2.45) is 0 Å². The van der Waals surface area contributed by atoms with E-state index < -0.39 is 6.10 Å². The zero-order valence-corrected chi connectivity index (χ0v) is 12.6. The summed E-state index contributed by atoms with van der Waals surface area (Å²) in [6, 6.07) is 8.98. The van der Waals surface area contributed by atoms with Crippen molar-refractivity contribution >= 4 is 6.03 Å². The lowest BCUT2D eigenvalue weighted by molar-refractivity contribution is 0.108. The number of benzene rings is 1. The van der Waals surface area contributed by atoms with Gasteiger partial charge in [0.05, 0.1) is 0 Å². The number of aliphatic hydroxyl groups is 1. The van der Waals surface area contributed by atoms with Crippen molar-refractivity contribution in [3.05, 3.63) is 54.6 Å². The maximum absolute atomic E-state index is 12.7. The monoisotopic (exact) mass is 321 g/mol. The Morgan fingerprint density at radius 3 is 2.61 bits per heavy atom.